The third-order valence-corrected chi connectivity index (χ3v) is 11.7. The van der Waals surface area contributed by atoms with E-state index in [4.69, 9.17) is 9.47 Å². The monoisotopic (exact) mass is 775 g/mol. The number of ether oxygens (including phenoxy) is 2. The fourth-order valence-electron chi connectivity index (χ4n) is 7.34. The van der Waals surface area contributed by atoms with Crippen LogP contribution in [-0.2, 0) is 39.9 Å². The van der Waals surface area contributed by atoms with Crippen LogP contribution in [0.4, 0.5) is 0 Å². The zero-order valence-corrected chi connectivity index (χ0v) is 35.3. The summed E-state index contributed by atoms with van der Waals surface area (Å²) in [4.78, 5) is 69.4. The first-order chi connectivity index (χ1) is 25.6. The molecule has 7 atom stereocenters. The molecule has 0 aromatic heterocycles. The van der Waals surface area contributed by atoms with Gasteiger partial charge in [-0.25, -0.2) is 0 Å². The lowest BCUT2D eigenvalue weighted by Gasteiger charge is -2.35. The highest BCUT2D eigenvalue weighted by Gasteiger charge is 2.39. The molecule has 1 aliphatic heterocycles. The van der Waals surface area contributed by atoms with Gasteiger partial charge in [-0.05, 0) is 56.7 Å². The largest absolute Gasteiger partial charge is 0.465 e. The van der Waals surface area contributed by atoms with Crippen LogP contribution in [0, 0.1) is 17.8 Å². The van der Waals surface area contributed by atoms with E-state index in [2.05, 4.69) is 29.8 Å². The summed E-state index contributed by atoms with van der Waals surface area (Å²) in [5.41, 5.74) is 1.14. The standard InChI is InChI=1S/C41H69N5O7S/c1-11-29(6)39(43-26-33(48)38(27(2)3)44-41(51)40(28(4)5)45(8)9)34(52-10)24-37(50)46-21-15-18-32(46)35(54-23-22-53-30(7)47)25-36(49)42-20-19-31-16-13-12-14-17-31/h12-14,16-17,27-29,32,34-35,38-40,43H,11,15,18-26H2,1-10H3,(H,42,49)(H,44,51). The number of carbonyl (C=O) groups excluding carboxylic acids is 5. The van der Waals surface area contributed by atoms with Gasteiger partial charge in [-0.2, -0.15) is 11.8 Å². The number of likely N-dealkylation sites (tertiary alicyclic amines) is 1. The fourth-order valence-corrected chi connectivity index (χ4v) is 8.60. The summed E-state index contributed by atoms with van der Waals surface area (Å²) in [6.07, 6.45) is 2.95. The van der Waals surface area contributed by atoms with Crippen molar-refractivity contribution in [3.05, 3.63) is 35.9 Å². The molecule has 0 bridgehead atoms. The second kappa shape index (κ2) is 24.5. The molecule has 0 aliphatic carbocycles. The first-order valence-electron chi connectivity index (χ1n) is 19.7. The Labute approximate surface area is 329 Å². The van der Waals surface area contributed by atoms with E-state index in [0.717, 1.165) is 31.2 Å². The maximum Gasteiger partial charge on any atom is 0.302 e. The van der Waals surface area contributed by atoms with Crippen LogP contribution in [0.2, 0.25) is 0 Å². The number of nitrogens with one attached hydrogen (secondary N) is 3. The topological polar surface area (TPSA) is 146 Å². The summed E-state index contributed by atoms with van der Waals surface area (Å²) in [7, 11) is 5.32. The Morgan fingerprint density at radius 3 is 2.26 bits per heavy atom. The number of thioether (sulfide) groups is 1. The average Bonchev–Trinajstić information content (AvgIpc) is 3.61. The van der Waals surface area contributed by atoms with Gasteiger partial charge in [0.2, 0.25) is 17.7 Å². The molecule has 1 aromatic rings. The van der Waals surface area contributed by atoms with Crippen molar-refractivity contribution in [2.45, 2.75) is 123 Å². The highest BCUT2D eigenvalue weighted by atomic mass is 32.2. The van der Waals surface area contributed by atoms with Crippen LogP contribution in [0.15, 0.2) is 30.3 Å². The Hall–Kier alpha value is -3.00. The lowest BCUT2D eigenvalue weighted by Crippen LogP contribution is -2.56. The van der Waals surface area contributed by atoms with Gasteiger partial charge >= 0.3 is 5.97 Å². The third-order valence-electron chi connectivity index (χ3n) is 10.4. The molecule has 1 aromatic carbocycles. The third kappa shape index (κ3) is 15.6. The quantitative estimate of drug-likeness (QED) is 0.0981. The van der Waals surface area contributed by atoms with Crippen molar-refractivity contribution in [1.82, 2.24) is 25.8 Å². The van der Waals surface area contributed by atoms with Crippen LogP contribution in [0.1, 0.15) is 86.1 Å². The average molecular weight is 776 g/mol. The zero-order valence-electron chi connectivity index (χ0n) is 34.5. The normalized spacial score (nSPS) is 17.9. The maximum absolute atomic E-state index is 14.1. The number of benzene rings is 1. The first kappa shape index (κ1) is 47.2. The van der Waals surface area contributed by atoms with Gasteiger partial charge < -0.3 is 30.3 Å². The van der Waals surface area contributed by atoms with E-state index >= 15 is 0 Å². The highest BCUT2D eigenvalue weighted by molar-refractivity contribution is 8.00. The van der Waals surface area contributed by atoms with Crippen LogP contribution in [-0.4, -0.2) is 128 Å². The van der Waals surface area contributed by atoms with Crippen LogP contribution >= 0.6 is 11.8 Å². The molecular formula is C41H69N5O7S. The Balaban J connectivity index is 2.16. The fraction of sp³-hybridized carbons (Fsp3) is 0.732. The number of Topliss-reactive ketones (excluding diaryl/α,β-unsaturated/α-hetero) is 1. The summed E-state index contributed by atoms with van der Waals surface area (Å²) in [6.45, 7) is 14.7. The van der Waals surface area contributed by atoms with E-state index < -0.39 is 12.1 Å². The molecule has 306 valence electrons. The minimum Gasteiger partial charge on any atom is -0.465 e. The van der Waals surface area contributed by atoms with Crippen molar-refractivity contribution in [2.75, 3.05) is 53.2 Å². The lowest BCUT2D eigenvalue weighted by atomic mass is 9.91. The Bertz CT molecular complexity index is 1310. The molecule has 1 aliphatic rings. The predicted molar refractivity (Wildman–Crippen MR) is 216 cm³/mol. The number of methoxy groups -OCH3 is 1. The van der Waals surface area contributed by atoms with Crippen LogP contribution in [0.3, 0.4) is 0 Å². The Morgan fingerprint density at radius 1 is 1.00 bits per heavy atom. The van der Waals surface area contributed by atoms with Crippen LogP contribution < -0.4 is 16.0 Å². The number of esters is 1. The first-order valence-corrected chi connectivity index (χ1v) is 20.8. The predicted octanol–water partition coefficient (Wildman–Crippen LogP) is 4.10. The molecule has 3 N–H and O–H groups in total. The summed E-state index contributed by atoms with van der Waals surface area (Å²) < 4.78 is 11.2. The van der Waals surface area contributed by atoms with E-state index in [1.165, 1.54) is 6.92 Å². The highest BCUT2D eigenvalue weighted by Crippen LogP contribution is 2.31. The smallest absolute Gasteiger partial charge is 0.302 e. The second-order valence-electron chi connectivity index (χ2n) is 15.5. The SMILES string of the molecule is CCC(C)C(NCC(=O)C(NC(=O)C(C(C)C)N(C)C)C(C)C)C(CC(=O)N1CCCC1C(CC(=O)NCCc1ccccc1)SCCOC(C)=O)OC. The van der Waals surface area contributed by atoms with Crippen molar-refractivity contribution in [1.29, 1.82) is 0 Å². The van der Waals surface area contributed by atoms with Crippen molar-refractivity contribution in [3.8, 4) is 0 Å². The Kier molecular flexibility index (Phi) is 21.4. The molecule has 12 nitrogen and oxygen atoms in total. The van der Waals surface area contributed by atoms with Gasteiger partial charge in [-0.1, -0.05) is 78.3 Å². The van der Waals surface area contributed by atoms with Gasteiger partial charge in [0, 0.05) is 56.6 Å². The number of carbonyl (C=O) groups is 5. The molecule has 1 heterocycles. The van der Waals surface area contributed by atoms with E-state index in [1.807, 2.05) is 81.9 Å². The second-order valence-corrected chi connectivity index (χ2v) is 16.8. The van der Waals surface area contributed by atoms with E-state index in [1.54, 1.807) is 18.9 Å². The minimum absolute atomic E-state index is 0.0211. The number of rotatable bonds is 25. The van der Waals surface area contributed by atoms with Crippen LogP contribution in [0.25, 0.3) is 0 Å². The molecule has 1 fully saturated rings. The number of ketones is 1. The number of amides is 3. The van der Waals surface area contributed by atoms with Crippen molar-refractivity contribution in [2.24, 2.45) is 17.8 Å². The molecule has 0 radical (unpaired) electrons. The molecule has 54 heavy (non-hydrogen) atoms. The van der Waals surface area contributed by atoms with E-state index in [9.17, 15) is 24.0 Å². The molecule has 7 unspecified atom stereocenters. The molecule has 3 amide bonds. The Morgan fingerprint density at radius 2 is 1.69 bits per heavy atom. The van der Waals surface area contributed by atoms with Gasteiger partial charge in [0.1, 0.15) is 6.61 Å². The number of likely N-dealkylation sites (N-methyl/N-ethyl adjacent to an activating group) is 1. The molecule has 13 heteroatoms. The minimum atomic E-state index is -0.664. The number of hydrogen-bond donors (Lipinski definition) is 3. The molecule has 0 saturated carbocycles. The van der Waals surface area contributed by atoms with Crippen molar-refractivity contribution >= 4 is 41.2 Å². The van der Waals surface area contributed by atoms with Crippen molar-refractivity contribution in [3.63, 3.8) is 0 Å². The van der Waals surface area contributed by atoms with Crippen molar-refractivity contribution < 1.29 is 33.4 Å². The van der Waals surface area contributed by atoms with Gasteiger partial charge in [-0.3, -0.25) is 28.9 Å². The summed E-state index contributed by atoms with van der Waals surface area (Å²) in [5, 5.41) is 9.31. The maximum atomic E-state index is 14.1. The summed E-state index contributed by atoms with van der Waals surface area (Å²) in [5.74, 6) is -0.225. The van der Waals surface area contributed by atoms with Gasteiger partial charge in [0.15, 0.2) is 5.78 Å². The number of nitrogens with zero attached hydrogens (tertiary/aromatic N) is 2. The van der Waals surface area contributed by atoms with E-state index in [-0.39, 0.29) is 96.6 Å². The lowest BCUT2D eigenvalue weighted by molar-refractivity contribution is -0.140. The molecule has 2 rings (SSSR count). The zero-order chi connectivity index (χ0) is 40.4. The van der Waals surface area contributed by atoms with Gasteiger partial charge in [-0.15, -0.1) is 0 Å². The molecule has 1 saturated heterocycles. The van der Waals surface area contributed by atoms with Crippen LogP contribution in [0.5, 0.6) is 0 Å². The number of hydrogen-bond acceptors (Lipinski definition) is 10. The molecular weight excluding hydrogens is 707 g/mol. The summed E-state index contributed by atoms with van der Waals surface area (Å²) in [6, 6.07) is 8.50. The van der Waals surface area contributed by atoms with E-state index in [0.29, 0.717) is 18.8 Å². The van der Waals surface area contributed by atoms with Gasteiger partial charge in [0.25, 0.3) is 0 Å². The molecule has 0 spiro atoms. The van der Waals surface area contributed by atoms with Gasteiger partial charge in [0.05, 0.1) is 31.2 Å². The summed E-state index contributed by atoms with van der Waals surface area (Å²) >= 11 is 1.56.